The summed E-state index contributed by atoms with van der Waals surface area (Å²) in [6, 6.07) is 11.1. The van der Waals surface area contributed by atoms with E-state index in [1.807, 2.05) is 18.2 Å². The topological polar surface area (TPSA) is 63.6 Å². The lowest BCUT2D eigenvalue weighted by atomic mass is 10.0. The average Bonchev–Trinajstić information content (AvgIpc) is 3.68. The Kier molecular flexibility index (Phi) is 6.08. The van der Waals surface area contributed by atoms with Crippen LogP contribution in [-0.2, 0) is 6.54 Å². The lowest BCUT2D eigenvalue weighted by molar-refractivity contribution is 0.0907. The third-order valence-corrected chi connectivity index (χ3v) is 6.73. The Balaban J connectivity index is 1.36. The van der Waals surface area contributed by atoms with Gasteiger partial charge in [0.25, 0.3) is 5.91 Å². The van der Waals surface area contributed by atoms with E-state index in [0.717, 1.165) is 51.4 Å². The molecule has 2 fully saturated rings. The first-order valence-corrected chi connectivity index (χ1v) is 11.6. The molecule has 1 amide bonds. The number of benzene rings is 2. The number of rotatable bonds is 6. The number of ether oxygens (including phenoxy) is 1. The number of fused-ring (bicyclic) bond motifs is 1. The number of piperidine rings is 1. The molecular formula is C26H27F2N3O3. The molecule has 1 aromatic heterocycles. The third-order valence-electron chi connectivity index (χ3n) is 6.73. The summed E-state index contributed by atoms with van der Waals surface area (Å²) in [7, 11) is 1.24. The van der Waals surface area contributed by atoms with Crippen LogP contribution in [0, 0.1) is 11.6 Å². The Morgan fingerprint density at radius 3 is 2.47 bits per heavy atom. The average molecular weight is 468 g/mol. The van der Waals surface area contributed by atoms with Gasteiger partial charge in [0, 0.05) is 37.9 Å². The molecule has 0 bridgehead atoms. The third kappa shape index (κ3) is 4.30. The summed E-state index contributed by atoms with van der Waals surface area (Å²) in [6.07, 6.45) is 4.69. The molecule has 0 unspecified atom stereocenters. The monoisotopic (exact) mass is 467 g/mol. The van der Waals surface area contributed by atoms with Crippen LogP contribution < -0.4 is 15.5 Å². The van der Waals surface area contributed by atoms with Gasteiger partial charge in [-0.3, -0.25) is 14.5 Å². The molecule has 1 aliphatic heterocycles. The van der Waals surface area contributed by atoms with Gasteiger partial charge >= 0.3 is 0 Å². The van der Waals surface area contributed by atoms with Crippen molar-refractivity contribution in [3.63, 3.8) is 0 Å². The van der Waals surface area contributed by atoms with Crippen LogP contribution in [0.4, 0.5) is 8.78 Å². The zero-order chi connectivity index (χ0) is 23.8. The highest BCUT2D eigenvalue weighted by Gasteiger charge is 2.31. The van der Waals surface area contributed by atoms with E-state index in [9.17, 15) is 18.4 Å². The van der Waals surface area contributed by atoms with Crippen LogP contribution in [0.5, 0.6) is 5.75 Å². The summed E-state index contributed by atoms with van der Waals surface area (Å²) in [5.74, 6) is -3.10. The molecule has 34 heavy (non-hydrogen) atoms. The Morgan fingerprint density at radius 2 is 1.82 bits per heavy atom. The smallest absolute Gasteiger partial charge is 0.256 e. The fourth-order valence-electron chi connectivity index (χ4n) is 4.76. The molecule has 0 spiro atoms. The zero-order valence-electron chi connectivity index (χ0n) is 19.0. The number of likely N-dealkylation sites (tertiary alicyclic amines) is 1. The van der Waals surface area contributed by atoms with Crippen molar-refractivity contribution in [1.29, 1.82) is 0 Å². The van der Waals surface area contributed by atoms with Crippen LogP contribution in [-0.4, -0.2) is 41.6 Å². The largest absolute Gasteiger partial charge is 0.491 e. The van der Waals surface area contributed by atoms with Gasteiger partial charge in [0.1, 0.15) is 5.56 Å². The second-order valence-electron chi connectivity index (χ2n) is 9.12. The lowest BCUT2D eigenvalue weighted by Crippen LogP contribution is -2.45. The maximum absolute atomic E-state index is 14.4. The highest BCUT2D eigenvalue weighted by molar-refractivity contribution is 5.98. The van der Waals surface area contributed by atoms with Crippen LogP contribution in [0.25, 0.3) is 10.9 Å². The van der Waals surface area contributed by atoms with Crippen molar-refractivity contribution in [3.8, 4) is 5.75 Å². The molecule has 1 aliphatic carbocycles. The van der Waals surface area contributed by atoms with Gasteiger partial charge in [0.05, 0.1) is 18.0 Å². The number of aromatic nitrogens is 1. The Hall–Kier alpha value is -3.26. The van der Waals surface area contributed by atoms with Gasteiger partial charge in [0.2, 0.25) is 11.2 Å². The SMILES string of the molecule is COc1c(F)c(F)cc2c(=O)c(C(=O)NC3CCN(Cc4ccccc4)CC3)cn(C3CC3)c12. The molecule has 1 saturated heterocycles. The molecule has 1 N–H and O–H groups in total. The van der Waals surface area contributed by atoms with Crippen molar-refractivity contribution in [2.24, 2.45) is 0 Å². The maximum atomic E-state index is 14.4. The van der Waals surface area contributed by atoms with Crippen LogP contribution in [0.15, 0.2) is 47.4 Å². The number of hydrogen-bond donors (Lipinski definition) is 1. The standard InChI is InChI=1S/C26H27F2N3O3/c1-34-25-22(28)21(27)13-19-23(25)31(18-7-8-18)15-20(24(19)32)26(33)29-17-9-11-30(12-10-17)14-16-5-3-2-4-6-16/h2-6,13,15,17-18H,7-12,14H2,1H3,(H,29,33). The van der Waals surface area contributed by atoms with E-state index >= 15 is 0 Å². The molecule has 3 aromatic rings. The number of halogens is 2. The van der Waals surface area contributed by atoms with Gasteiger partial charge in [-0.25, -0.2) is 4.39 Å². The number of carbonyl (C=O) groups excluding carboxylic acids is 1. The molecule has 5 rings (SSSR count). The van der Waals surface area contributed by atoms with Gasteiger partial charge in [-0.05, 0) is 37.3 Å². The van der Waals surface area contributed by atoms with Gasteiger partial charge in [0.15, 0.2) is 11.6 Å². The van der Waals surface area contributed by atoms with E-state index < -0.39 is 23.0 Å². The lowest BCUT2D eigenvalue weighted by Gasteiger charge is -2.32. The summed E-state index contributed by atoms with van der Waals surface area (Å²) < 4.78 is 35.4. The Labute approximate surface area is 196 Å². The molecular weight excluding hydrogens is 440 g/mol. The maximum Gasteiger partial charge on any atom is 0.256 e. The molecule has 8 heteroatoms. The van der Waals surface area contributed by atoms with Gasteiger partial charge < -0.3 is 14.6 Å². The van der Waals surface area contributed by atoms with Crippen molar-refractivity contribution in [1.82, 2.24) is 14.8 Å². The fraction of sp³-hybridized carbons (Fsp3) is 0.385. The van der Waals surface area contributed by atoms with Crippen molar-refractivity contribution >= 4 is 16.8 Å². The van der Waals surface area contributed by atoms with E-state index in [4.69, 9.17) is 4.74 Å². The predicted octanol–water partition coefficient (Wildman–Crippen LogP) is 4.02. The molecule has 1 saturated carbocycles. The number of nitrogens with one attached hydrogen (secondary N) is 1. The first kappa shape index (κ1) is 22.5. The summed E-state index contributed by atoms with van der Waals surface area (Å²) in [4.78, 5) is 28.6. The van der Waals surface area contributed by atoms with Crippen molar-refractivity contribution in [2.75, 3.05) is 20.2 Å². The van der Waals surface area contributed by atoms with Crippen LogP contribution >= 0.6 is 0 Å². The minimum Gasteiger partial charge on any atom is -0.491 e. The Bertz CT molecular complexity index is 1280. The van der Waals surface area contributed by atoms with Crippen LogP contribution in [0.1, 0.15) is 47.6 Å². The van der Waals surface area contributed by atoms with E-state index in [1.54, 1.807) is 4.57 Å². The van der Waals surface area contributed by atoms with Crippen LogP contribution in [0.2, 0.25) is 0 Å². The zero-order valence-corrected chi connectivity index (χ0v) is 19.0. The molecule has 6 nitrogen and oxygen atoms in total. The normalized spacial score (nSPS) is 17.1. The number of nitrogens with zero attached hydrogens (tertiary/aromatic N) is 2. The molecule has 2 aliphatic rings. The van der Waals surface area contributed by atoms with E-state index in [0.29, 0.717) is 0 Å². The highest BCUT2D eigenvalue weighted by atomic mass is 19.2. The van der Waals surface area contributed by atoms with Crippen LogP contribution in [0.3, 0.4) is 0 Å². The van der Waals surface area contributed by atoms with E-state index in [2.05, 4.69) is 22.3 Å². The van der Waals surface area contributed by atoms with E-state index in [-0.39, 0.29) is 34.3 Å². The predicted molar refractivity (Wildman–Crippen MR) is 125 cm³/mol. The van der Waals surface area contributed by atoms with Crippen molar-refractivity contribution in [2.45, 2.75) is 44.3 Å². The van der Waals surface area contributed by atoms with Gasteiger partial charge in [-0.1, -0.05) is 30.3 Å². The number of hydrogen-bond acceptors (Lipinski definition) is 4. The minimum atomic E-state index is -1.17. The molecule has 2 heterocycles. The first-order valence-electron chi connectivity index (χ1n) is 11.6. The fourth-order valence-corrected chi connectivity index (χ4v) is 4.76. The summed E-state index contributed by atoms with van der Waals surface area (Å²) in [6.45, 7) is 2.54. The number of methoxy groups -OCH3 is 1. The Morgan fingerprint density at radius 1 is 1.12 bits per heavy atom. The second-order valence-corrected chi connectivity index (χ2v) is 9.12. The first-order chi connectivity index (χ1) is 16.5. The molecule has 0 radical (unpaired) electrons. The van der Waals surface area contributed by atoms with Crippen molar-refractivity contribution < 1.29 is 18.3 Å². The summed E-state index contributed by atoms with van der Waals surface area (Å²) >= 11 is 0. The summed E-state index contributed by atoms with van der Waals surface area (Å²) in [5, 5.41) is 2.94. The highest BCUT2D eigenvalue weighted by Crippen LogP contribution is 2.40. The minimum absolute atomic E-state index is 0.0228. The van der Waals surface area contributed by atoms with Crippen molar-refractivity contribution in [3.05, 3.63) is 75.6 Å². The van der Waals surface area contributed by atoms with Gasteiger partial charge in [-0.15, -0.1) is 0 Å². The second kappa shape index (κ2) is 9.18. The number of amides is 1. The number of carbonyl (C=O) groups is 1. The van der Waals surface area contributed by atoms with E-state index in [1.165, 1.54) is 18.9 Å². The molecule has 2 aromatic carbocycles. The number of pyridine rings is 1. The van der Waals surface area contributed by atoms with Gasteiger partial charge in [-0.2, -0.15) is 4.39 Å². The molecule has 0 atom stereocenters. The molecule has 178 valence electrons. The quantitative estimate of drug-likeness (QED) is 0.595. The summed E-state index contributed by atoms with van der Waals surface area (Å²) in [5.41, 5.74) is 0.767.